The van der Waals surface area contributed by atoms with Crippen LogP contribution in [0, 0.1) is 0 Å². The van der Waals surface area contributed by atoms with Crippen LogP contribution in [0.25, 0.3) is 0 Å². The summed E-state index contributed by atoms with van der Waals surface area (Å²) in [6.45, 7) is 0.727. The molecule has 1 aromatic rings. The molecule has 0 radical (unpaired) electrons. The highest BCUT2D eigenvalue weighted by atomic mass is 16.6. The van der Waals surface area contributed by atoms with Gasteiger partial charge < -0.3 is 9.84 Å². The molecule has 1 saturated heterocycles. The largest absolute Gasteiger partial charge is 0.393 e. The molecule has 0 bridgehead atoms. The van der Waals surface area contributed by atoms with E-state index in [1.807, 2.05) is 30.3 Å². The van der Waals surface area contributed by atoms with Crippen molar-refractivity contribution in [2.45, 2.75) is 5.60 Å². The third-order valence-electron chi connectivity index (χ3n) is 2.05. The summed E-state index contributed by atoms with van der Waals surface area (Å²) in [5.74, 6) is 0. The van der Waals surface area contributed by atoms with E-state index in [0.717, 1.165) is 5.56 Å². The Hall–Kier alpha value is -0.860. The number of aliphatic hydroxyl groups excluding tert-OH is 1. The minimum atomic E-state index is -0.360. The van der Waals surface area contributed by atoms with Gasteiger partial charge in [0.1, 0.15) is 5.60 Å². The molecule has 0 saturated carbocycles. The maximum absolute atomic E-state index is 8.98. The third kappa shape index (κ3) is 1.04. The summed E-state index contributed by atoms with van der Waals surface area (Å²) in [7, 11) is 0. The molecule has 1 atom stereocenters. The van der Waals surface area contributed by atoms with Gasteiger partial charge in [0, 0.05) is 0 Å². The fraction of sp³-hybridized carbons (Fsp3) is 0.333. The Bertz CT molecular complexity index is 239. The zero-order chi connectivity index (χ0) is 7.73. The normalized spacial score (nSPS) is 28.5. The van der Waals surface area contributed by atoms with E-state index < -0.39 is 0 Å². The van der Waals surface area contributed by atoms with Crippen molar-refractivity contribution < 1.29 is 9.84 Å². The zero-order valence-corrected chi connectivity index (χ0v) is 6.16. The van der Waals surface area contributed by atoms with Gasteiger partial charge in [0.2, 0.25) is 0 Å². The van der Waals surface area contributed by atoms with Crippen LogP contribution in [0.1, 0.15) is 5.56 Å². The van der Waals surface area contributed by atoms with E-state index in [1.165, 1.54) is 0 Å². The summed E-state index contributed by atoms with van der Waals surface area (Å²) >= 11 is 0. The fourth-order valence-electron chi connectivity index (χ4n) is 1.18. The van der Waals surface area contributed by atoms with Crippen LogP contribution in [0.4, 0.5) is 0 Å². The third-order valence-corrected chi connectivity index (χ3v) is 2.05. The van der Waals surface area contributed by atoms with Crippen LogP contribution >= 0.6 is 0 Å². The number of hydrogen-bond donors (Lipinski definition) is 1. The smallest absolute Gasteiger partial charge is 0.139 e. The molecule has 1 aromatic carbocycles. The minimum absolute atomic E-state index is 0.0804. The van der Waals surface area contributed by atoms with E-state index in [0.29, 0.717) is 6.61 Å². The average Bonchev–Trinajstić information content (AvgIpc) is 2.86. The molecule has 2 heteroatoms. The average molecular weight is 150 g/mol. The van der Waals surface area contributed by atoms with Gasteiger partial charge in [0.25, 0.3) is 0 Å². The summed E-state index contributed by atoms with van der Waals surface area (Å²) in [6.07, 6.45) is 0. The molecular formula is C9H10O2. The molecule has 1 fully saturated rings. The minimum Gasteiger partial charge on any atom is -0.393 e. The van der Waals surface area contributed by atoms with Gasteiger partial charge in [-0.25, -0.2) is 0 Å². The monoisotopic (exact) mass is 150 g/mol. The maximum atomic E-state index is 8.98. The predicted molar refractivity (Wildman–Crippen MR) is 41.2 cm³/mol. The topological polar surface area (TPSA) is 32.8 Å². The highest BCUT2D eigenvalue weighted by Gasteiger charge is 2.45. The number of benzene rings is 1. The van der Waals surface area contributed by atoms with Crippen molar-refractivity contribution in [2.24, 2.45) is 0 Å². The van der Waals surface area contributed by atoms with Crippen molar-refractivity contribution in [3.63, 3.8) is 0 Å². The molecule has 0 amide bonds. The molecule has 1 heterocycles. The number of epoxide rings is 1. The molecule has 1 aliphatic heterocycles. The van der Waals surface area contributed by atoms with Gasteiger partial charge in [-0.2, -0.15) is 0 Å². The van der Waals surface area contributed by atoms with Crippen LogP contribution in [-0.2, 0) is 10.3 Å². The van der Waals surface area contributed by atoms with Gasteiger partial charge in [-0.3, -0.25) is 0 Å². The highest BCUT2D eigenvalue weighted by Crippen LogP contribution is 2.37. The molecular weight excluding hydrogens is 140 g/mol. The van der Waals surface area contributed by atoms with E-state index in [1.54, 1.807) is 0 Å². The number of rotatable bonds is 2. The molecule has 1 unspecified atom stereocenters. The van der Waals surface area contributed by atoms with Crippen LogP contribution in [0.2, 0.25) is 0 Å². The Morgan fingerprint density at radius 2 is 2.00 bits per heavy atom. The molecule has 11 heavy (non-hydrogen) atoms. The molecule has 1 aliphatic rings. The molecule has 58 valence electrons. The predicted octanol–water partition coefficient (Wildman–Crippen LogP) is 0.904. The Morgan fingerprint density at radius 1 is 1.36 bits per heavy atom. The summed E-state index contributed by atoms with van der Waals surface area (Å²) < 4.78 is 5.18. The van der Waals surface area contributed by atoms with Gasteiger partial charge >= 0.3 is 0 Å². The van der Waals surface area contributed by atoms with Crippen molar-refractivity contribution in [1.82, 2.24) is 0 Å². The van der Waals surface area contributed by atoms with Gasteiger partial charge in [-0.1, -0.05) is 30.3 Å². The second-order valence-corrected chi connectivity index (χ2v) is 2.81. The first kappa shape index (κ1) is 6.83. The van der Waals surface area contributed by atoms with Crippen molar-refractivity contribution in [3.05, 3.63) is 35.9 Å². The fourth-order valence-corrected chi connectivity index (χ4v) is 1.18. The van der Waals surface area contributed by atoms with Gasteiger partial charge in [-0.15, -0.1) is 0 Å². The van der Waals surface area contributed by atoms with Crippen LogP contribution < -0.4 is 0 Å². The Morgan fingerprint density at radius 3 is 2.45 bits per heavy atom. The van der Waals surface area contributed by atoms with Crippen LogP contribution in [-0.4, -0.2) is 18.3 Å². The second-order valence-electron chi connectivity index (χ2n) is 2.81. The van der Waals surface area contributed by atoms with Crippen molar-refractivity contribution >= 4 is 0 Å². The SMILES string of the molecule is OCC1(c2ccccc2)CO1. The van der Waals surface area contributed by atoms with Crippen molar-refractivity contribution in [3.8, 4) is 0 Å². The standard InChI is InChI=1S/C9H10O2/c10-6-9(7-11-9)8-4-2-1-3-5-8/h1-5,10H,6-7H2. The van der Waals surface area contributed by atoms with Crippen molar-refractivity contribution in [1.29, 1.82) is 0 Å². The first-order valence-electron chi connectivity index (χ1n) is 3.68. The highest BCUT2D eigenvalue weighted by molar-refractivity contribution is 5.26. The Labute approximate surface area is 65.4 Å². The molecule has 2 nitrogen and oxygen atoms in total. The first-order valence-corrected chi connectivity index (χ1v) is 3.68. The summed E-state index contributed by atoms with van der Waals surface area (Å²) in [4.78, 5) is 0. The first-order chi connectivity index (χ1) is 5.37. The lowest BCUT2D eigenvalue weighted by atomic mass is 10.0. The number of hydrogen-bond acceptors (Lipinski definition) is 2. The summed E-state index contributed by atoms with van der Waals surface area (Å²) in [5, 5.41) is 8.98. The Balaban J connectivity index is 2.30. The van der Waals surface area contributed by atoms with E-state index >= 15 is 0 Å². The lowest BCUT2D eigenvalue weighted by Gasteiger charge is -2.06. The van der Waals surface area contributed by atoms with Crippen LogP contribution in [0.15, 0.2) is 30.3 Å². The number of ether oxygens (including phenoxy) is 1. The summed E-state index contributed by atoms with van der Waals surface area (Å²) in [6, 6.07) is 9.81. The van der Waals surface area contributed by atoms with Crippen molar-refractivity contribution in [2.75, 3.05) is 13.2 Å². The maximum Gasteiger partial charge on any atom is 0.139 e. The van der Waals surface area contributed by atoms with Crippen LogP contribution in [0.5, 0.6) is 0 Å². The van der Waals surface area contributed by atoms with Crippen LogP contribution in [0.3, 0.4) is 0 Å². The van der Waals surface area contributed by atoms with Gasteiger partial charge in [-0.05, 0) is 5.56 Å². The quantitative estimate of drug-likeness (QED) is 0.635. The van der Waals surface area contributed by atoms with E-state index in [9.17, 15) is 0 Å². The van der Waals surface area contributed by atoms with Gasteiger partial charge in [0.05, 0.1) is 13.2 Å². The molecule has 0 aromatic heterocycles. The zero-order valence-electron chi connectivity index (χ0n) is 6.16. The number of aliphatic hydroxyl groups is 1. The molecule has 2 rings (SSSR count). The molecule has 1 N–H and O–H groups in total. The van der Waals surface area contributed by atoms with E-state index in [-0.39, 0.29) is 12.2 Å². The van der Waals surface area contributed by atoms with E-state index in [4.69, 9.17) is 9.84 Å². The van der Waals surface area contributed by atoms with Gasteiger partial charge in [0.15, 0.2) is 0 Å². The summed E-state index contributed by atoms with van der Waals surface area (Å²) in [5.41, 5.74) is 0.712. The molecule has 0 spiro atoms. The van der Waals surface area contributed by atoms with E-state index in [2.05, 4.69) is 0 Å². The lowest BCUT2D eigenvalue weighted by Crippen LogP contribution is -2.13. The second kappa shape index (κ2) is 2.32. The Kier molecular flexibility index (Phi) is 1.44. The lowest BCUT2D eigenvalue weighted by molar-refractivity contribution is 0.173. The molecule has 0 aliphatic carbocycles.